The third-order valence-corrected chi connectivity index (χ3v) is 1.54. The van der Waals surface area contributed by atoms with Crippen molar-refractivity contribution < 1.29 is 9.53 Å². The van der Waals surface area contributed by atoms with Crippen LogP contribution in [0.4, 0.5) is 0 Å². The monoisotopic (exact) mass is 215 g/mol. The van der Waals surface area contributed by atoms with E-state index in [1.54, 1.807) is 0 Å². The molecule has 0 atom stereocenters. The molecule has 1 amide bonds. The van der Waals surface area contributed by atoms with Crippen molar-refractivity contribution in [1.29, 1.82) is 0 Å². The highest BCUT2D eigenvalue weighted by Crippen LogP contribution is 2.07. The average molecular weight is 216 g/mol. The zero-order valence-corrected chi connectivity index (χ0v) is 8.41. The summed E-state index contributed by atoms with van der Waals surface area (Å²) in [5, 5.41) is 2.78. The molecule has 1 aromatic rings. The SMILES string of the molecule is CC(=O)NCCOc1cnc(Cl)nc1. The smallest absolute Gasteiger partial charge is 0.222 e. The van der Waals surface area contributed by atoms with Gasteiger partial charge in [0.25, 0.3) is 0 Å². The van der Waals surface area contributed by atoms with Crippen molar-refractivity contribution in [3.63, 3.8) is 0 Å². The van der Waals surface area contributed by atoms with Crippen LogP contribution in [0.5, 0.6) is 5.75 Å². The van der Waals surface area contributed by atoms with E-state index in [9.17, 15) is 4.79 Å². The second-order valence-corrected chi connectivity index (χ2v) is 2.86. The quantitative estimate of drug-likeness (QED) is 0.592. The van der Waals surface area contributed by atoms with Gasteiger partial charge in [0.2, 0.25) is 11.2 Å². The van der Waals surface area contributed by atoms with Crippen LogP contribution in [0.3, 0.4) is 0 Å². The van der Waals surface area contributed by atoms with E-state index in [2.05, 4.69) is 15.3 Å². The van der Waals surface area contributed by atoms with Crippen LogP contribution in [-0.2, 0) is 4.79 Å². The van der Waals surface area contributed by atoms with E-state index in [1.165, 1.54) is 19.3 Å². The van der Waals surface area contributed by atoms with E-state index in [0.717, 1.165) is 0 Å². The minimum atomic E-state index is -0.0824. The third kappa shape index (κ3) is 4.04. The highest BCUT2D eigenvalue weighted by atomic mass is 35.5. The first kappa shape index (κ1) is 10.7. The molecule has 0 saturated carbocycles. The zero-order valence-electron chi connectivity index (χ0n) is 7.66. The fourth-order valence-electron chi connectivity index (χ4n) is 0.771. The first-order valence-corrected chi connectivity index (χ1v) is 4.41. The van der Waals surface area contributed by atoms with E-state index < -0.39 is 0 Å². The Kier molecular flexibility index (Phi) is 4.12. The minimum Gasteiger partial charge on any atom is -0.489 e. The lowest BCUT2D eigenvalue weighted by Crippen LogP contribution is -2.25. The van der Waals surface area contributed by atoms with Crippen molar-refractivity contribution >= 4 is 17.5 Å². The summed E-state index contributed by atoms with van der Waals surface area (Å²) in [4.78, 5) is 18.0. The Labute approximate surface area is 86.5 Å². The first-order valence-electron chi connectivity index (χ1n) is 4.03. The summed E-state index contributed by atoms with van der Waals surface area (Å²) >= 11 is 5.48. The van der Waals surface area contributed by atoms with Crippen molar-refractivity contribution in [2.45, 2.75) is 6.92 Å². The fraction of sp³-hybridized carbons (Fsp3) is 0.375. The standard InChI is InChI=1S/C8H10ClN3O2/c1-6(13)10-2-3-14-7-4-11-8(9)12-5-7/h4-5H,2-3H2,1H3,(H,10,13). The van der Waals surface area contributed by atoms with Crippen LogP contribution >= 0.6 is 11.6 Å². The van der Waals surface area contributed by atoms with Crippen molar-refractivity contribution in [2.24, 2.45) is 0 Å². The van der Waals surface area contributed by atoms with Crippen molar-refractivity contribution in [2.75, 3.05) is 13.2 Å². The Hall–Kier alpha value is -1.36. The molecule has 1 aromatic heterocycles. The van der Waals surface area contributed by atoms with Gasteiger partial charge in [0, 0.05) is 6.92 Å². The van der Waals surface area contributed by atoms with Crippen LogP contribution in [0.1, 0.15) is 6.92 Å². The van der Waals surface area contributed by atoms with Crippen molar-refractivity contribution in [3.05, 3.63) is 17.7 Å². The van der Waals surface area contributed by atoms with Gasteiger partial charge in [-0.2, -0.15) is 0 Å². The van der Waals surface area contributed by atoms with Crippen LogP contribution in [0.25, 0.3) is 0 Å². The number of halogens is 1. The Morgan fingerprint density at radius 1 is 1.57 bits per heavy atom. The number of carbonyl (C=O) groups is 1. The molecular weight excluding hydrogens is 206 g/mol. The number of hydrogen-bond donors (Lipinski definition) is 1. The molecule has 0 aliphatic carbocycles. The lowest BCUT2D eigenvalue weighted by molar-refractivity contribution is -0.119. The second-order valence-electron chi connectivity index (χ2n) is 2.52. The maximum atomic E-state index is 10.5. The van der Waals surface area contributed by atoms with E-state index in [1.807, 2.05) is 0 Å². The van der Waals surface area contributed by atoms with E-state index in [0.29, 0.717) is 18.9 Å². The van der Waals surface area contributed by atoms with Crippen molar-refractivity contribution in [1.82, 2.24) is 15.3 Å². The second kappa shape index (κ2) is 5.39. The Morgan fingerprint density at radius 3 is 2.79 bits per heavy atom. The van der Waals surface area contributed by atoms with Gasteiger partial charge in [0.1, 0.15) is 6.61 Å². The molecule has 0 radical (unpaired) electrons. The summed E-state index contributed by atoms with van der Waals surface area (Å²) in [5.74, 6) is 0.445. The summed E-state index contributed by atoms with van der Waals surface area (Å²) in [6, 6.07) is 0. The predicted octanol–water partition coefficient (Wildman–Crippen LogP) is 0.645. The molecule has 0 aromatic carbocycles. The topological polar surface area (TPSA) is 64.1 Å². The van der Waals surface area contributed by atoms with Crippen LogP contribution in [0.2, 0.25) is 5.28 Å². The molecule has 0 saturated heterocycles. The molecule has 5 nitrogen and oxygen atoms in total. The molecule has 0 bridgehead atoms. The van der Waals surface area contributed by atoms with Gasteiger partial charge in [-0.25, -0.2) is 9.97 Å². The third-order valence-electron chi connectivity index (χ3n) is 1.34. The average Bonchev–Trinajstić information content (AvgIpc) is 2.15. The fourth-order valence-corrected chi connectivity index (χ4v) is 0.869. The number of ether oxygens (including phenoxy) is 1. The molecule has 0 aliphatic rings. The molecule has 6 heteroatoms. The summed E-state index contributed by atoms with van der Waals surface area (Å²) in [6.07, 6.45) is 2.95. The lowest BCUT2D eigenvalue weighted by atomic mass is 10.6. The number of nitrogens with zero attached hydrogens (tertiary/aromatic N) is 2. The van der Waals surface area contributed by atoms with Crippen LogP contribution in [-0.4, -0.2) is 29.0 Å². The molecule has 0 fully saturated rings. The lowest BCUT2D eigenvalue weighted by Gasteiger charge is -2.04. The zero-order chi connectivity index (χ0) is 10.4. The van der Waals surface area contributed by atoms with Gasteiger partial charge in [-0.05, 0) is 11.6 Å². The number of nitrogens with one attached hydrogen (secondary N) is 1. The van der Waals surface area contributed by atoms with Crippen LogP contribution in [0.15, 0.2) is 12.4 Å². The maximum absolute atomic E-state index is 10.5. The van der Waals surface area contributed by atoms with E-state index in [-0.39, 0.29) is 11.2 Å². The summed E-state index contributed by atoms with van der Waals surface area (Å²) in [6.45, 7) is 2.29. The van der Waals surface area contributed by atoms with Gasteiger partial charge in [-0.15, -0.1) is 0 Å². The summed E-state index contributed by atoms with van der Waals surface area (Å²) < 4.78 is 5.21. The minimum absolute atomic E-state index is 0.0824. The largest absolute Gasteiger partial charge is 0.489 e. The Bertz CT molecular complexity index is 302. The molecule has 1 N–H and O–H groups in total. The van der Waals surface area contributed by atoms with Crippen LogP contribution < -0.4 is 10.1 Å². The van der Waals surface area contributed by atoms with Gasteiger partial charge in [-0.1, -0.05) is 0 Å². The molecule has 0 aliphatic heterocycles. The predicted molar refractivity (Wildman–Crippen MR) is 51.2 cm³/mol. The molecule has 1 heterocycles. The highest BCUT2D eigenvalue weighted by Gasteiger charge is 1.96. The Morgan fingerprint density at radius 2 is 2.21 bits per heavy atom. The summed E-state index contributed by atoms with van der Waals surface area (Å²) in [7, 11) is 0. The number of aromatic nitrogens is 2. The molecule has 76 valence electrons. The molecular formula is C8H10ClN3O2. The molecule has 14 heavy (non-hydrogen) atoms. The van der Waals surface area contributed by atoms with Gasteiger partial charge in [0.15, 0.2) is 5.75 Å². The van der Waals surface area contributed by atoms with Crippen molar-refractivity contribution in [3.8, 4) is 5.75 Å². The van der Waals surface area contributed by atoms with Crippen LogP contribution in [0, 0.1) is 0 Å². The number of hydrogen-bond acceptors (Lipinski definition) is 4. The molecule has 0 unspecified atom stereocenters. The Balaban J connectivity index is 2.25. The molecule has 0 spiro atoms. The first-order chi connectivity index (χ1) is 6.68. The van der Waals surface area contributed by atoms with Gasteiger partial charge >= 0.3 is 0 Å². The highest BCUT2D eigenvalue weighted by molar-refractivity contribution is 6.28. The molecule has 1 rings (SSSR count). The van der Waals surface area contributed by atoms with E-state index in [4.69, 9.17) is 16.3 Å². The number of rotatable bonds is 4. The maximum Gasteiger partial charge on any atom is 0.222 e. The number of amides is 1. The van der Waals surface area contributed by atoms with Gasteiger partial charge < -0.3 is 10.1 Å². The van der Waals surface area contributed by atoms with E-state index >= 15 is 0 Å². The normalized spacial score (nSPS) is 9.57. The van der Waals surface area contributed by atoms with Gasteiger partial charge in [0.05, 0.1) is 18.9 Å². The summed E-state index contributed by atoms with van der Waals surface area (Å²) in [5.41, 5.74) is 0. The van der Waals surface area contributed by atoms with Gasteiger partial charge in [-0.3, -0.25) is 4.79 Å². The number of carbonyl (C=O) groups excluding carboxylic acids is 1.